The second-order valence-corrected chi connectivity index (χ2v) is 6.33. The molecule has 0 saturated heterocycles. The maximum atomic E-state index is 12.2. The van der Waals surface area contributed by atoms with Crippen LogP contribution < -0.4 is 10.1 Å². The van der Waals surface area contributed by atoms with Crippen molar-refractivity contribution in [1.82, 2.24) is 0 Å². The molecule has 0 aliphatic carbocycles. The van der Waals surface area contributed by atoms with Gasteiger partial charge in [0.15, 0.2) is 5.75 Å². The summed E-state index contributed by atoms with van der Waals surface area (Å²) in [6, 6.07) is 18.4. The van der Waals surface area contributed by atoms with Gasteiger partial charge in [0.1, 0.15) is 5.75 Å². The predicted molar refractivity (Wildman–Crippen MR) is 94.6 cm³/mol. The zero-order chi connectivity index (χ0) is 16.1. The van der Waals surface area contributed by atoms with E-state index in [0.717, 1.165) is 4.88 Å². The maximum absolute atomic E-state index is 12.2. The maximum Gasteiger partial charge on any atom is 0.229 e. The Hall–Kier alpha value is -2.30. The molecule has 2 aromatic carbocycles. The highest BCUT2D eigenvalue weighted by atomic mass is 35.5. The monoisotopic (exact) mass is 343 g/mol. The van der Waals surface area contributed by atoms with Gasteiger partial charge >= 0.3 is 0 Å². The quantitative estimate of drug-likeness (QED) is 0.675. The fourth-order valence-electron chi connectivity index (χ4n) is 2.07. The van der Waals surface area contributed by atoms with Crippen LogP contribution in [0.15, 0.2) is 66.0 Å². The molecule has 0 saturated carbocycles. The summed E-state index contributed by atoms with van der Waals surface area (Å²) in [4.78, 5) is 13.2. The standard InChI is InChI=1S/C18H14ClNO2S/c19-13-8-9-17(22-14-5-2-1-3-6-14)16(11-13)20-18(21)12-15-7-4-10-23-15/h1-11H,12H2,(H,20,21). The first kappa shape index (κ1) is 15.6. The molecule has 1 amide bonds. The minimum Gasteiger partial charge on any atom is -0.455 e. The van der Waals surface area contributed by atoms with Gasteiger partial charge in [-0.25, -0.2) is 0 Å². The van der Waals surface area contributed by atoms with Crippen molar-refractivity contribution in [3.05, 3.63) is 75.9 Å². The molecular weight excluding hydrogens is 330 g/mol. The number of carbonyl (C=O) groups is 1. The number of hydrogen-bond donors (Lipinski definition) is 1. The van der Waals surface area contributed by atoms with E-state index in [4.69, 9.17) is 16.3 Å². The van der Waals surface area contributed by atoms with Crippen molar-refractivity contribution in [2.45, 2.75) is 6.42 Å². The smallest absolute Gasteiger partial charge is 0.229 e. The van der Waals surface area contributed by atoms with Gasteiger partial charge in [-0.1, -0.05) is 35.9 Å². The van der Waals surface area contributed by atoms with Crippen LogP contribution in [0.5, 0.6) is 11.5 Å². The Labute approximate surface area is 143 Å². The number of carbonyl (C=O) groups excluding carboxylic acids is 1. The first-order valence-corrected chi connectivity index (χ1v) is 8.31. The number of nitrogens with one attached hydrogen (secondary N) is 1. The van der Waals surface area contributed by atoms with Crippen molar-refractivity contribution in [2.75, 3.05) is 5.32 Å². The van der Waals surface area contributed by atoms with Gasteiger partial charge in [0.2, 0.25) is 5.91 Å². The lowest BCUT2D eigenvalue weighted by molar-refractivity contribution is -0.115. The number of rotatable bonds is 5. The molecule has 1 N–H and O–H groups in total. The Balaban J connectivity index is 1.77. The predicted octanol–water partition coefficient (Wildman–Crippen LogP) is 5.38. The highest BCUT2D eigenvalue weighted by molar-refractivity contribution is 7.10. The highest BCUT2D eigenvalue weighted by Gasteiger charge is 2.11. The molecule has 0 bridgehead atoms. The van der Waals surface area contributed by atoms with Gasteiger partial charge in [0.05, 0.1) is 12.1 Å². The van der Waals surface area contributed by atoms with Gasteiger partial charge in [0.25, 0.3) is 0 Å². The molecule has 0 aliphatic heterocycles. The van der Waals surface area contributed by atoms with Crippen molar-refractivity contribution >= 4 is 34.5 Å². The van der Waals surface area contributed by atoms with Gasteiger partial charge in [0, 0.05) is 9.90 Å². The molecule has 23 heavy (non-hydrogen) atoms. The van der Waals surface area contributed by atoms with E-state index in [1.807, 2.05) is 47.8 Å². The number of amides is 1. The third kappa shape index (κ3) is 4.34. The van der Waals surface area contributed by atoms with E-state index < -0.39 is 0 Å². The van der Waals surface area contributed by atoms with E-state index in [2.05, 4.69) is 5.32 Å². The average Bonchev–Trinajstić information content (AvgIpc) is 3.04. The second-order valence-electron chi connectivity index (χ2n) is 4.86. The molecular formula is C18H14ClNO2S. The van der Waals surface area contributed by atoms with E-state index in [9.17, 15) is 4.79 Å². The van der Waals surface area contributed by atoms with Crippen molar-refractivity contribution < 1.29 is 9.53 Å². The summed E-state index contributed by atoms with van der Waals surface area (Å²) >= 11 is 7.59. The third-order valence-corrected chi connectivity index (χ3v) is 4.21. The van der Waals surface area contributed by atoms with Crippen LogP contribution in [-0.4, -0.2) is 5.91 Å². The molecule has 0 spiro atoms. The van der Waals surface area contributed by atoms with Gasteiger partial charge in [-0.3, -0.25) is 4.79 Å². The fraction of sp³-hybridized carbons (Fsp3) is 0.0556. The SMILES string of the molecule is O=C(Cc1cccs1)Nc1cc(Cl)ccc1Oc1ccccc1. The molecule has 1 heterocycles. The third-order valence-electron chi connectivity index (χ3n) is 3.10. The molecule has 3 aromatic rings. The summed E-state index contributed by atoms with van der Waals surface area (Å²) in [7, 11) is 0. The first-order valence-electron chi connectivity index (χ1n) is 7.05. The Bertz CT molecular complexity index is 788. The molecule has 0 aliphatic rings. The lowest BCUT2D eigenvalue weighted by Gasteiger charge is -2.12. The van der Waals surface area contributed by atoms with Crippen molar-refractivity contribution in [3.8, 4) is 11.5 Å². The largest absolute Gasteiger partial charge is 0.455 e. The average molecular weight is 344 g/mol. The molecule has 5 heteroatoms. The van der Waals surface area contributed by atoms with Crippen molar-refractivity contribution in [2.24, 2.45) is 0 Å². The Morgan fingerprint density at radius 3 is 2.65 bits per heavy atom. The first-order chi connectivity index (χ1) is 11.2. The number of para-hydroxylation sites is 1. The normalized spacial score (nSPS) is 10.3. The minimum atomic E-state index is -0.104. The van der Waals surface area contributed by atoms with Crippen LogP contribution >= 0.6 is 22.9 Å². The van der Waals surface area contributed by atoms with E-state index >= 15 is 0 Å². The van der Waals surface area contributed by atoms with Crippen LogP contribution in [0.25, 0.3) is 0 Å². The van der Waals surface area contributed by atoms with Crippen LogP contribution in [0.4, 0.5) is 5.69 Å². The number of thiophene rings is 1. The summed E-state index contributed by atoms with van der Waals surface area (Å²) in [6.45, 7) is 0. The second kappa shape index (κ2) is 7.31. The van der Waals surface area contributed by atoms with Gasteiger partial charge in [-0.05, 0) is 41.8 Å². The molecule has 3 rings (SSSR count). The van der Waals surface area contributed by atoms with Crippen LogP contribution in [0.2, 0.25) is 5.02 Å². The fourth-order valence-corrected chi connectivity index (χ4v) is 2.95. The van der Waals surface area contributed by atoms with Crippen LogP contribution in [0.3, 0.4) is 0 Å². The van der Waals surface area contributed by atoms with E-state index in [0.29, 0.717) is 28.6 Å². The molecule has 1 aromatic heterocycles. The van der Waals surface area contributed by atoms with E-state index in [1.54, 1.807) is 29.5 Å². The van der Waals surface area contributed by atoms with E-state index in [1.165, 1.54) is 0 Å². The van der Waals surface area contributed by atoms with Crippen LogP contribution in [0, 0.1) is 0 Å². The number of hydrogen-bond acceptors (Lipinski definition) is 3. The summed E-state index contributed by atoms with van der Waals surface area (Å²) in [6.07, 6.45) is 0.328. The molecule has 0 fully saturated rings. The highest BCUT2D eigenvalue weighted by Crippen LogP contribution is 2.32. The summed E-state index contributed by atoms with van der Waals surface area (Å²) in [5.74, 6) is 1.15. The van der Waals surface area contributed by atoms with Crippen molar-refractivity contribution in [1.29, 1.82) is 0 Å². The lowest BCUT2D eigenvalue weighted by atomic mass is 10.2. The van der Waals surface area contributed by atoms with Gasteiger partial charge < -0.3 is 10.1 Å². The number of ether oxygens (including phenoxy) is 1. The van der Waals surface area contributed by atoms with Gasteiger partial charge in [-0.2, -0.15) is 0 Å². The lowest BCUT2D eigenvalue weighted by Crippen LogP contribution is -2.14. The Morgan fingerprint density at radius 2 is 1.91 bits per heavy atom. The number of benzene rings is 2. The molecule has 0 unspecified atom stereocenters. The van der Waals surface area contributed by atoms with Crippen LogP contribution in [-0.2, 0) is 11.2 Å². The summed E-state index contributed by atoms with van der Waals surface area (Å²) in [5, 5.41) is 5.36. The topological polar surface area (TPSA) is 38.3 Å². The number of anilines is 1. The zero-order valence-corrected chi connectivity index (χ0v) is 13.7. The summed E-state index contributed by atoms with van der Waals surface area (Å²) in [5.41, 5.74) is 0.558. The molecule has 0 atom stereocenters. The van der Waals surface area contributed by atoms with Gasteiger partial charge in [-0.15, -0.1) is 11.3 Å². The Morgan fingerprint density at radius 1 is 1.09 bits per heavy atom. The molecule has 0 radical (unpaired) electrons. The van der Waals surface area contributed by atoms with Crippen molar-refractivity contribution in [3.63, 3.8) is 0 Å². The summed E-state index contributed by atoms with van der Waals surface area (Å²) < 4.78 is 5.83. The van der Waals surface area contributed by atoms with Crippen LogP contribution in [0.1, 0.15) is 4.88 Å². The molecule has 116 valence electrons. The Kier molecular flexibility index (Phi) is 4.95. The van der Waals surface area contributed by atoms with E-state index in [-0.39, 0.29) is 5.91 Å². The zero-order valence-electron chi connectivity index (χ0n) is 12.2. The number of halogens is 1. The minimum absolute atomic E-state index is 0.104. The molecule has 3 nitrogen and oxygen atoms in total.